The van der Waals surface area contributed by atoms with Crippen molar-refractivity contribution in [2.45, 2.75) is 96.8 Å². The molecule has 0 N–H and O–H groups in total. The van der Waals surface area contributed by atoms with Gasteiger partial charge in [-0.15, -0.1) is 0 Å². The molecule has 0 aromatic heterocycles. The van der Waals surface area contributed by atoms with Crippen molar-refractivity contribution in [3.63, 3.8) is 0 Å². The Bertz CT molecular complexity index is 402. The van der Waals surface area contributed by atoms with Crippen molar-refractivity contribution in [2.75, 3.05) is 13.6 Å². The highest BCUT2D eigenvalue weighted by molar-refractivity contribution is 5.86. The lowest BCUT2D eigenvalue weighted by Crippen LogP contribution is -2.27. The van der Waals surface area contributed by atoms with Crippen LogP contribution in [0.25, 0.3) is 0 Å². The molecule has 1 amide bonds. The second-order valence-corrected chi connectivity index (χ2v) is 9.16. The van der Waals surface area contributed by atoms with E-state index < -0.39 is 0 Å². The first kappa shape index (κ1) is 21.5. The van der Waals surface area contributed by atoms with Gasteiger partial charge >= 0.3 is 0 Å². The minimum absolute atomic E-state index is 0.0546. The van der Waals surface area contributed by atoms with E-state index in [0.29, 0.717) is 0 Å². The first-order chi connectivity index (χ1) is 12.6. The molecule has 0 aromatic rings. The van der Waals surface area contributed by atoms with E-state index in [1.165, 1.54) is 89.5 Å². The van der Waals surface area contributed by atoms with E-state index in [1.807, 2.05) is 7.05 Å². The van der Waals surface area contributed by atoms with Gasteiger partial charge in [-0.2, -0.15) is 0 Å². The van der Waals surface area contributed by atoms with Crippen LogP contribution in [0.15, 0.2) is 12.7 Å². The van der Waals surface area contributed by atoms with Gasteiger partial charge in [0.2, 0.25) is 5.91 Å². The van der Waals surface area contributed by atoms with Crippen molar-refractivity contribution < 1.29 is 4.79 Å². The maximum Gasteiger partial charge on any atom is 0.245 e. The first-order valence-corrected chi connectivity index (χ1v) is 11.5. The van der Waals surface area contributed by atoms with Gasteiger partial charge in [0.05, 0.1) is 0 Å². The van der Waals surface area contributed by atoms with E-state index in [-0.39, 0.29) is 5.91 Å². The van der Waals surface area contributed by atoms with Crippen LogP contribution >= 0.6 is 0 Å². The van der Waals surface area contributed by atoms with Gasteiger partial charge < -0.3 is 4.90 Å². The Morgan fingerprint density at radius 2 is 1.38 bits per heavy atom. The fourth-order valence-corrected chi connectivity index (χ4v) is 5.46. The Kier molecular flexibility index (Phi) is 9.78. The lowest BCUT2D eigenvalue weighted by atomic mass is 9.68. The van der Waals surface area contributed by atoms with Crippen LogP contribution in [0.5, 0.6) is 0 Å². The first-order valence-electron chi connectivity index (χ1n) is 11.5. The van der Waals surface area contributed by atoms with Crippen LogP contribution in [0.1, 0.15) is 96.8 Å². The number of amides is 1. The summed E-state index contributed by atoms with van der Waals surface area (Å²) in [5, 5.41) is 0. The molecular weight excluding hydrogens is 318 g/mol. The van der Waals surface area contributed by atoms with Crippen LogP contribution in [0, 0.1) is 23.7 Å². The van der Waals surface area contributed by atoms with Gasteiger partial charge in [0.1, 0.15) is 0 Å². The van der Waals surface area contributed by atoms with Crippen LogP contribution in [0.2, 0.25) is 0 Å². The Labute approximate surface area is 162 Å². The van der Waals surface area contributed by atoms with Crippen LogP contribution in [0.3, 0.4) is 0 Å². The molecule has 2 heteroatoms. The molecule has 150 valence electrons. The summed E-state index contributed by atoms with van der Waals surface area (Å²) in [7, 11) is 1.89. The largest absolute Gasteiger partial charge is 0.342 e. The third-order valence-electron chi connectivity index (χ3n) is 7.32. The van der Waals surface area contributed by atoms with E-state index >= 15 is 0 Å². The number of carbonyl (C=O) groups excluding carboxylic acids is 1. The van der Waals surface area contributed by atoms with E-state index in [1.54, 1.807) is 4.90 Å². The highest BCUT2D eigenvalue weighted by Gasteiger charge is 2.30. The Balaban J connectivity index is 1.57. The number of rotatable bonds is 10. The van der Waals surface area contributed by atoms with Gasteiger partial charge in [0.25, 0.3) is 0 Å². The standard InChI is InChI=1S/C24H43NO/c1-4-6-7-9-20-11-15-22(16-12-20)23-17-13-21(14-18-23)10-8-19-25(3)24(26)5-2/h5,20-23H,2,4,6-19H2,1,3H3. The van der Waals surface area contributed by atoms with Crippen molar-refractivity contribution in [3.05, 3.63) is 12.7 Å². The molecule has 26 heavy (non-hydrogen) atoms. The van der Waals surface area contributed by atoms with Crippen LogP contribution < -0.4 is 0 Å². The van der Waals surface area contributed by atoms with Crippen molar-refractivity contribution in [1.82, 2.24) is 4.90 Å². The number of hydrogen-bond acceptors (Lipinski definition) is 1. The number of carbonyl (C=O) groups is 1. The number of nitrogens with zero attached hydrogens (tertiary/aromatic N) is 1. The Morgan fingerprint density at radius 3 is 1.85 bits per heavy atom. The zero-order valence-electron chi connectivity index (χ0n) is 17.6. The average molecular weight is 362 g/mol. The summed E-state index contributed by atoms with van der Waals surface area (Å²) in [5.41, 5.74) is 0. The zero-order chi connectivity index (χ0) is 18.8. The van der Waals surface area contributed by atoms with Crippen molar-refractivity contribution in [3.8, 4) is 0 Å². The highest BCUT2D eigenvalue weighted by atomic mass is 16.2. The van der Waals surface area contributed by atoms with Gasteiger partial charge in [-0.25, -0.2) is 0 Å². The second-order valence-electron chi connectivity index (χ2n) is 9.16. The summed E-state index contributed by atoms with van der Waals surface area (Å²) in [4.78, 5) is 13.3. The smallest absolute Gasteiger partial charge is 0.245 e. The summed E-state index contributed by atoms with van der Waals surface area (Å²) < 4.78 is 0. The monoisotopic (exact) mass is 361 g/mol. The fraction of sp³-hybridized carbons (Fsp3) is 0.875. The lowest BCUT2D eigenvalue weighted by molar-refractivity contribution is -0.124. The molecule has 2 nitrogen and oxygen atoms in total. The quantitative estimate of drug-likeness (QED) is 0.317. The molecule has 0 heterocycles. The Morgan fingerprint density at radius 1 is 0.885 bits per heavy atom. The van der Waals surface area contributed by atoms with Crippen molar-refractivity contribution >= 4 is 5.91 Å². The van der Waals surface area contributed by atoms with Gasteiger partial charge in [-0.1, -0.05) is 64.9 Å². The molecule has 0 bridgehead atoms. The molecule has 2 aliphatic carbocycles. The average Bonchev–Trinajstić information content (AvgIpc) is 2.68. The van der Waals surface area contributed by atoms with Crippen LogP contribution in [-0.2, 0) is 4.79 Å². The van der Waals surface area contributed by atoms with E-state index in [9.17, 15) is 4.79 Å². The SMILES string of the molecule is C=CC(=O)N(C)CCCC1CCC(C2CCC(CCCCC)CC2)CC1. The van der Waals surface area contributed by atoms with E-state index in [2.05, 4.69) is 13.5 Å². The van der Waals surface area contributed by atoms with Crippen LogP contribution in [0.4, 0.5) is 0 Å². The minimum atomic E-state index is 0.0546. The topological polar surface area (TPSA) is 20.3 Å². The summed E-state index contributed by atoms with van der Waals surface area (Å²) in [6, 6.07) is 0. The molecular formula is C24H43NO. The third-order valence-corrected chi connectivity index (χ3v) is 7.32. The molecule has 2 saturated carbocycles. The number of unbranched alkanes of at least 4 members (excludes halogenated alkanes) is 2. The normalized spacial score (nSPS) is 29.3. The zero-order valence-corrected chi connectivity index (χ0v) is 17.6. The number of hydrogen-bond donors (Lipinski definition) is 0. The van der Waals surface area contributed by atoms with Crippen molar-refractivity contribution in [1.29, 1.82) is 0 Å². The Hall–Kier alpha value is -0.790. The van der Waals surface area contributed by atoms with Crippen molar-refractivity contribution in [2.24, 2.45) is 23.7 Å². The molecule has 0 unspecified atom stereocenters. The van der Waals surface area contributed by atoms with Gasteiger partial charge in [0, 0.05) is 13.6 Å². The molecule has 2 aliphatic rings. The molecule has 0 atom stereocenters. The second kappa shape index (κ2) is 11.8. The molecule has 0 saturated heterocycles. The minimum Gasteiger partial charge on any atom is -0.342 e. The molecule has 0 aliphatic heterocycles. The predicted molar refractivity (Wildman–Crippen MR) is 112 cm³/mol. The van der Waals surface area contributed by atoms with E-state index in [0.717, 1.165) is 36.6 Å². The maximum absolute atomic E-state index is 11.5. The summed E-state index contributed by atoms with van der Waals surface area (Å²) in [6.07, 6.45) is 21.5. The van der Waals surface area contributed by atoms with E-state index in [4.69, 9.17) is 0 Å². The fourth-order valence-electron chi connectivity index (χ4n) is 5.46. The van der Waals surface area contributed by atoms with Gasteiger partial charge in [-0.3, -0.25) is 4.79 Å². The molecule has 0 radical (unpaired) electrons. The summed E-state index contributed by atoms with van der Waals surface area (Å²) >= 11 is 0. The molecule has 2 rings (SSSR count). The summed E-state index contributed by atoms with van der Waals surface area (Å²) in [5.74, 6) is 4.06. The maximum atomic E-state index is 11.5. The predicted octanol–water partition coefficient (Wildman–Crippen LogP) is 6.60. The van der Waals surface area contributed by atoms with Gasteiger partial charge in [-0.05, 0) is 68.3 Å². The molecule has 0 aromatic carbocycles. The van der Waals surface area contributed by atoms with Gasteiger partial charge in [0.15, 0.2) is 0 Å². The molecule has 2 fully saturated rings. The highest BCUT2D eigenvalue weighted by Crippen LogP contribution is 2.43. The third kappa shape index (κ3) is 7.08. The molecule has 0 spiro atoms. The summed E-state index contributed by atoms with van der Waals surface area (Å²) in [6.45, 7) is 6.76. The van der Waals surface area contributed by atoms with Crippen LogP contribution in [-0.4, -0.2) is 24.4 Å². The lowest BCUT2D eigenvalue weighted by Gasteiger charge is -2.38. The number of likely N-dealkylation sites (N-methyl/N-ethyl adjacent to an activating group) is 1.